The highest BCUT2D eigenvalue weighted by Gasteiger charge is 2.43. The number of aromatic nitrogens is 1. The molecule has 1 aromatic carbocycles. The molecule has 0 aliphatic heterocycles. The molecule has 0 radical (unpaired) electrons. The summed E-state index contributed by atoms with van der Waals surface area (Å²) in [5.74, 6) is 8.46. The zero-order valence-corrected chi connectivity index (χ0v) is 17.1. The first-order chi connectivity index (χ1) is 13.5. The Kier molecular flexibility index (Phi) is 5.84. The Balaban J connectivity index is 2.14. The van der Waals surface area contributed by atoms with Gasteiger partial charge < -0.3 is 5.11 Å². The molecule has 1 aliphatic rings. The van der Waals surface area contributed by atoms with Crippen molar-refractivity contribution < 1.29 is 22.7 Å². The SMILES string of the molecule is C=S(=C)(c1ccc(C(F)(F)F)nc1)C1(c2cc(C)ccc2F)CCC(CO)CC1. The van der Waals surface area contributed by atoms with Crippen molar-refractivity contribution in [3.05, 3.63) is 59.2 Å². The highest BCUT2D eigenvalue weighted by molar-refractivity contribution is 8.28. The summed E-state index contributed by atoms with van der Waals surface area (Å²) in [6, 6.07) is 7.22. The van der Waals surface area contributed by atoms with Crippen molar-refractivity contribution in [1.82, 2.24) is 4.98 Å². The third-order valence-corrected chi connectivity index (χ3v) is 9.28. The van der Waals surface area contributed by atoms with Gasteiger partial charge in [0.15, 0.2) is 0 Å². The van der Waals surface area contributed by atoms with Gasteiger partial charge in [0.2, 0.25) is 0 Å². The molecule has 0 amide bonds. The number of benzene rings is 1. The van der Waals surface area contributed by atoms with Crippen molar-refractivity contribution in [2.75, 3.05) is 6.61 Å². The molecule has 1 saturated carbocycles. The number of hydrogen-bond acceptors (Lipinski definition) is 2. The second kappa shape index (κ2) is 7.76. The number of pyridine rings is 1. The molecule has 0 bridgehead atoms. The van der Waals surface area contributed by atoms with Crippen LogP contribution in [0.25, 0.3) is 0 Å². The van der Waals surface area contributed by atoms with Gasteiger partial charge in [-0.05, 0) is 56.7 Å². The van der Waals surface area contributed by atoms with E-state index in [0.29, 0.717) is 36.1 Å². The van der Waals surface area contributed by atoms with Crippen molar-refractivity contribution in [2.45, 2.75) is 48.4 Å². The van der Waals surface area contributed by atoms with E-state index in [1.165, 1.54) is 18.3 Å². The average Bonchev–Trinajstić information content (AvgIpc) is 2.69. The molecule has 1 fully saturated rings. The number of rotatable bonds is 4. The van der Waals surface area contributed by atoms with Crippen molar-refractivity contribution in [3.63, 3.8) is 0 Å². The highest BCUT2D eigenvalue weighted by atomic mass is 32.2. The standard InChI is InChI=1S/C22H25F4NOS/c1-15-4-6-19(23)18(12-15)21(10-8-16(14-28)9-11-21)29(2,3)17-5-7-20(27-13-17)22(24,25)26/h4-7,12-13,16,28H,2-3,8-11,14H2,1H3. The Morgan fingerprint density at radius 1 is 1.17 bits per heavy atom. The smallest absolute Gasteiger partial charge is 0.396 e. The summed E-state index contributed by atoms with van der Waals surface area (Å²) < 4.78 is 53.0. The fourth-order valence-electron chi connectivity index (χ4n) is 4.19. The molecule has 1 heterocycles. The summed E-state index contributed by atoms with van der Waals surface area (Å²) in [7, 11) is -2.26. The van der Waals surface area contributed by atoms with E-state index >= 15 is 0 Å². The van der Waals surface area contributed by atoms with Crippen LogP contribution in [0.2, 0.25) is 0 Å². The van der Waals surface area contributed by atoms with E-state index in [0.717, 1.165) is 11.6 Å². The zero-order valence-electron chi connectivity index (χ0n) is 16.3. The van der Waals surface area contributed by atoms with Crippen molar-refractivity contribution in [1.29, 1.82) is 0 Å². The van der Waals surface area contributed by atoms with Crippen molar-refractivity contribution in [2.24, 2.45) is 5.92 Å². The van der Waals surface area contributed by atoms with Gasteiger partial charge in [-0.3, -0.25) is 4.98 Å². The van der Waals surface area contributed by atoms with Gasteiger partial charge in [-0.1, -0.05) is 29.4 Å². The van der Waals surface area contributed by atoms with E-state index in [1.54, 1.807) is 12.1 Å². The summed E-state index contributed by atoms with van der Waals surface area (Å²) >= 11 is 0. The van der Waals surface area contributed by atoms with E-state index in [1.807, 2.05) is 6.92 Å². The number of aliphatic hydroxyl groups is 1. The van der Waals surface area contributed by atoms with Gasteiger partial charge in [0.05, 0.1) is 0 Å². The zero-order chi connectivity index (χ0) is 21.4. The minimum atomic E-state index is -4.53. The first kappa shape index (κ1) is 21.8. The largest absolute Gasteiger partial charge is 0.433 e. The second-order valence-electron chi connectivity index (χ2n) is 7.86. The maximum absolute atomic E-state index is 15.0. The third kappa shape index (κ3) is 3.94. The summed E-state index contributed by atoms with van der Waals surface area (Å²) in [6.45, 7) is 1.93. The molecule has 0 spiro atoms. The summed E-state index contributed by atoms with van der Waals surface area (Å²) in [5.41, 5.74) is 0.427. The van der Waals surface area contributed by atoms with Crippen molar-refractivity contribution in [3.8, 4) is 0 Å². The Bertz CT molecular complexity index is 973. The third-order valence-electron chi connectivity index (χ3n) is 6.01. The number of aryl methyl sites for hydroxylation is 1. The molecule has 1 N–H and O–H groups in total. The molecule has 158 valence electrons. The molecule has 29 heavy (non-hydrogen) atoms. The Morgan fingerprint density at radius 3 is 2.34 bits per heavy atom. The van der Waals surface area contributed by atoms with Crippen LogP contribution in [0.4, 0.5) is 17.6 Å². The topological polar surface area (TPSA) is 33.1 Å². The van der Waals surface area contributed by atoms with Crippen LogP contribution in [0.15, 0.2) is 41.4 Å². The van der Waals surface area contributed by atoms with Crippen LogP contribution < -0.4 is 0 Å². The lowest BCUT2D eigenvalue weighted by molar-refractivity contribution is -0.141. The van der Waals surface area contributed by atoms with Crippen LogP contribution in [0.3, 0.4) is 0 Å². The van der Waals surface area contributed by atoms with Gasteiger partial charge in [0.25, 0.3) is 0 Å². The molecule has 2 aromatic rings. The molecule has 3 rings (SSSR count). The summed E-state index contributed by atoms with van der Waals surface area (Å²) in [5, 5.41) is 9.54. The number of alkyl halides is 3. The molecule has 0 saturated heterocycles. The molecule has 2 nitrogen and oxygen atoms in total. The van der Waals surface area contributed by atoms with Gasteiger partial charge in [-0.15, -0.1) is 0 Å². The first-order valence-electron chi connectivity index (χ1n) is 9.41. The van der Waals surface area contributed by atoms with Gasteiger partial charge >= 0.3 is 6.18 Å². The minimum absolute atomic E-state index is 0.0604. The van der Waals surface area contributed by atoms with E-state index in [2.05, 4.69) is 16.7 Å². The lowest BCUT2D eigenvalue weighted by atomic mass is 9.77. The molecule has 1 aromatic heterocycles. The first-order valence-corrected chi connectivity index (χ1v) is 11.4. The Hall–Kier alpha value is -1.86. The number of halogens is 4. The van der Waals surface area contributed by atoms with Gasteiger partial charge in [-0.25, -0.2) is 4.39 Å². The number of nitrogens with zero attached hydrogens (tertiary/aromatic N) is 1. The lowest BCUT2D eigenvalue weighted by Gasteiger charge is -2.46. The summed E-state index contributed by atoms with van der Waals surface area (Å²) in [4.78, 5) is 4.10. The van der Waals surface area contributed by atoms with Crippen LogP contribution in [-0.2, 0) is 10.9 Å². The predicted molar refractivity (Wildman–Crippen MR) is 111 cm³/mol. The fourth-order valence-corrected chi connectivity index (χ4v) is 6.82. The van der Waals surface area contributed by atoms with E-state index in [4.69, 9.17) is 0 Å². The lowest BCUT2D eigenvalue weighted by Crippen LogP contribution is -2.34. The van der Waals surface area contributed by atoms with Gasteiger partial charge in [0.1, 0.15) is 11.5 Å². The Labute approximate surface area is 169 Å². The van der Waals surface area contributed by atoms with E-state index in [-0.39, 0.29) is 18.3 Å². The van der Waals surface area contributed by atoms with Crippen LogP contribution in [0, 0.1) is 18.7 Å². The predicted octanol–water partition coefficient (Wildman–Crippen LogP) is 5.65. The van der Waals surface area contributed by atoms with Crippen LogP contribution in [0.5, 0.6) is 0 Å². The average molecular weight is 428 g/mol. The molecule has 7 heteroatoms. The summed E-state index contributed by atoms with van der Waals surface area (Å²) in [6.07, 6.45) is -0.872. The van der Waals surface area contributed by atoms with E-state index < -0.39 is 25.8 Å². The van der Waals surface area contributed by atoms with Gasteiger partial charge in [-0.2, -0.15) is 22.4 Å². The van der Waals surface area contributed by atoms with E-state index in [9.17, 15) is 22.7 Å². The number of aliphatic hydroxyl groups excluding tert-OH is 1. The van der Waals surface area contributed by atoms with Gasteiger partial charge in [0, 0.05) is 28.0 Å². The molecular formula is C22H25F4NOS. The molecule has 1 aliphatic carbocycles. The fraction of sp³-hybridized carbons (Fsp3) is 0.409. The maximum Gasteiger partial charge on any atom is 0.433 e. The molecular weight excluding hydrogens is 402 g/mol. The van der Waals surface area contributed by atoms with Crippen LogP contribution in [-0.4, -0.2) is 28.4 Å². The van der Waals surface area contributed by atoms with Crippen molar-refractivity contribution >= 4 is 20.9 Å². The van der Waals surface area contributed by atoms with Crippen LogP contribution >= 0.6 is 9.21 Å². The minimum Gasteiger partial charge on any atom is -0.396 e. The van der Waals surface area contributed by atoms with Crippen LogP contribution in [0.1, 0.15) is 42.5 Å². The quantitative estimate of drug-likeness (QED) is 0.505. The normalized spacial score (nSPS) is 23.2. The molecule has 0 atom stereocenters. The maximum atomic E-state index is 15.0. The number of hydrogen-bond donors (Lipinski definition) is 1. The second-order valence-corrected chi connectivity index (χ2v) is 10.9. The molecule has 0 unspecified atom stereocenters. The monoisotopic (exact) mass is 427 g/mol. The highest BCUT2D eigenvalue weighted by Crippen LogP contribution is 2.60. The Morgan fingerprint density at radius 2 is 1.83 bits per heavy atom.